The second-order valence-corrected chi connectivity index (χ2v) is 6.42. The zero-order valence-electron chi connectivity index (χ0n) is 11.6. The highest BCUT2D eigenvalue weighted by molar-refractivity contribution is 7.89. The first-order valence-electron chi connectivity index (χ1n) is 6.62. The summed E-state index contributed by atoms with van der Waals surface area (Å²) in [5.74, 6) is 0. The molecule has 0 aliphatic carbocycles. The van der Waals surface area contributed by atoms with Crippen LogP contribution in [0.3, 0.4) is 0 Å². The molecule has 112 valence electrons. The van der Waals surface area contributed by atoms with Crippen LogP contribution in [0.25, 0.3) is 5.69 Å². The maximum Gasteiger partial charge on any atom is 0.242 e. The van der Waals surface area contributed by atoms with Crippen LogP contribution in [0.15, 0.2) is 72.4 Å². The first-order chi connectivity index (χ1) is 10.6. The van der Waals surface area contributed by atoms with Gasteiger partial charge in [0.25, 0.3) is 0 Å². The SMILES string of the molecule is O=S(=O)(NCc1cccc(-n2ccnc2)c1)c1cccnc1. The largest absolute Gasteiger partial charge is 0.306 e. The Hall–Kier alpha value is -2.51. The van der Waals surface area contributed by atoms with Gasteiger partial charge in [0.05, 0.1) is 6.33 Å². The summed E-state index contributed by atoms with van der Waals surface area (Å²) in [6, 6.07) is 10.7. The van der Waals surface area contributed by atoms with Crippen LogP contribution in [-0.2, 0) is 16.6 Å². The Bertz CT molecular complexity index is 846. The van der Waals surface area contributed by atoms with E-state index >= 15 is 0 Å². The highest BCUT2D eigenvalue weighted by atomic mass is 32.2. The highest BCUT2D eigenvalue weighted by Crippen LogP contribution is 2.12. The second-order valence-electron chi connectivity index (χ2n) is 4.65. The molecule has 0 unspecified atom stereocenters. The van der Waals surface area contributed by atoms with Gasteiger partial charge in [-0.3, -0.25) is 4.98 Å². The zero-order valence-corrected chi connectivity index (χ0v) is 12.4. The average molecular weight is 314 g/mol. The highest BCUT2D eigenvalue weighted by Gasteiger charge is 2.13. The van der Waals surface area contributed by atoms with Crippen LogP contribution in [0.2, 0.25) is 0 Å². The molecule has 3 aromatic rings. The Balaban J connectivity index is 1.76. The van der Waals surface area contributed by atoms with Gasteiger partial charge in [0.1, 0.15) is 4.90 Å². The number of benzene rings is 1. The van der Waals surface area contributed by atoms with Crippen LogP contribution in [0.1, 0.15) is 5.56 Å². The van der Waals surface area contributed by atoms with Crippen molar-refractivity contribution in [3.05, 3.63) is 73.1 Å². The van der Waals surface area contributed by atoms with E-state index in [2.05, 4.69) is 14.7 Å². The molecular formula is C15H14N4O2S. The average Bonchev–Trinajstić information content (AvgIpc) is 3.09. The van der Waals surface area contributed by atoms with Crippen LogP contribution in [0.5, 0.6) is 0 Å². The lowest BCUT2D eigenvalue weighted by Crippen LogP contribution is -2.23. The third-order valence-electron chi connectivity index (χ3n) is 3.12. The molecule has 2 aromatic heterocycles. The van der Waals surface area contributed by atoms with Crippen LogP contribution < -0.4 is 4.72 Å². The number of aromatic nitrogens is 3. The molecule has 1 N–H and O–H groups in total. The van der Waals surface area contributed by atoms with E-state index in [1.165, 1.54) is 18.5 Å². The van der Waals surface area contributed by atoms with Crippen molar-refractivity contribution in [3.8, 4) is 5.69 Å². The first-order valence-corrected chi connectivity index (χ1v) is 8.10. The van der Waals surface area contributed by atoms with Gasteiger partial charge in [-0.05, 0) is 29.8 Å². The van der Waals surface area contributed by atoms with E-state index in [1.54, 1.807) is 18.6 Å². The fourth-order valence-corrected chi connectivity index (χ4v) is 2.99. The molecule has 22 heavy (non-hydrogen) atoms. The fourth-order valence-electron chi connectivity index (χ4n) is 2.01. The van der Waals surface area contributed by atoms with E-state index in [1.807, 2.05) is 35.0 Å². The smallest absolute Gasteiger partial charge is 0.242 e. The van der Waals surface area contributed by atoms with Gasteiger partial charge < -0.3 is 4.57 Å². The minimum Gasteiger partial charge on any atom is -0.306 e. The first kappa shape index (κ1) is 14.4. The molecule has 3 rings (SSSR count). The second kappa shape index (κ2) is 6.08. The van der Waals surface area contributed by atoms with Crippen molar-refractivity contribution < 1.29 is 8.42 Å². The Kier molecular flexibility index (Phi) is 3.99. The summed E-state index contributed by atoms with van der Waals surface area (Å²) in [5.41, 5.74) is 1.79. The van der Waals surface area contributed by atoms with Gasteiger partial charge in [0, 0.05) is 37.0 Å². The third-order valence-corrected chi connectivity index (χ3v) is 4.51. The summed E-state index contributed by atoms with van der Waals surface area (Å²) >= 11 is 0. The van der Waals surface area contributed by atoms with Gasteiger partial charge in [-0.1, -0.05) is 12.1 Å². The predicted octanol–water partition coefficient (Wildman–Crippen LogP) is 1.75. The van der Waals surface area contributed by atoms with Crippen molar-refractivity contribution in [1.82, 2.24) is 19.3 Å². The minimum atomic E-state index is -3.56. The molecule has 7 heteroatoms. The van der Waals surface area contributed by atoms with Crippen LogP contribution in [0, 0.1) is 0 Å². The summed E-state index contributed by atoms with van der Waals surface area (Å²) in [5, 5.41) is 0. The molecule has 0 saturated heterocycles. The lowest BCUT2D eigenvalue weighted by atomic mass is 10.2. The van der Waals surface area contributed by atoms with E-state index in [9.17, 15) is 8.42 Å². The van der Waals surface area contributed by atoms with Gasteiger partial charge in [-0.25, -0.2) is 18.1 Å². The predicted molar refractivity (Wildman–Crippen MR) is 81.8 cm³/mol. The summed E-state index contributed by atoms with van der Waals surface area (Å²) in [6.45, 7) is 0.208. The quantitative estimate of drug-likeness (QED) is 0.778. The number of rotatable bonds is 5. The standard InChI is InChI=1S/C15H14N4O2S/c20-22(21,15-5-2-6-16-11-15)18-10-13-3-1-4-14(9-13)19-8-7-17-12-19/h1-9,11-12,18H,10H2. The van der Waals surface area contributed by atoms with E-state index in [0.29, 0.717) is 0 Å². The van der Waals surface area contributed by atoms with Crippen LogP contribution >= 0.6 is 0 Å². The van der Waals surface area contributed by atoms with Crippen molar-refractivity contribution in [3.63, 3.8) is 0 Å². The van der Waals surface area contributed by atoms with E-state index in [-0.39, 0.29) is 11.4 Å². The molecule has 0 atom stereocenters. The summed E-state index contributed by atoms with van der Waals surface area (Å²) in [7, 11) is -3.56. The Labute approximate surface area is 128 Å². The number of nitrogens with zero attached hydrogens (tertiary/aromatic N) is 3. The topological polar surface area (TPSA) is 76.9 Å². The number of nitrogens with one attached hydrogen (secondary N) is 1. The molecular weight excluding hydrogens is 300 g/mol. The van der Waals surface area contributed by atoms with Crippen molar-refractivity contribution in [2.75, 3.05) is 0 Å². The summed E-state index contributed by atoms with van der Waals surface area (Å²) in [4.78, 5) is 7.98. The van der Waals surface area contributed by atoms with E-state index < -0.39 is 10.0 Å². The van der Waals surface area contributed by atoms with Crippen molar-refractivity contribution in [1.29, 1.82) is 0 Å². The lowest BCUT2D eigenvalue weighted by molar-refractivity contribution is 0.581. The molecule has 0 aliphatic rings. The number of hydrogen-bond donors (Lipinski definition) is 1. The van der Waals surface area contributed by atoms with Crippen LogP contribution in [0.4, 0.5) is 0 Å². The number of hydrogen-bond acceptors (Lipinski definition) is 4. The van der Waals surface area contributed by atoms with Crippen molar-refractivity contribution in [2.24, 2.45) is 0 Å². The maximum atomic E-state index is 12.2. The normalized spacial score (nSPS) is 11.5. The lowest BCUT2D eigenvalue weighted by Gasteiger charge is -2.08. The van der Waals surface area contributed by atoms with Gasteiger partial charge >= 0.3 is 0 Å². The summed E-state index contributed by atoms with van der Waals surface area (Å²) < 4.78 is 28.7. The van der Waals surface area contributed by atoms with Gasteiger partial charge in [-0.2, -0.15) is 0 Å². The molecule has 0 fully saturated rings. The third kappa shape index (κ3) is 3.21. The van der Waals surface area contributed by atoms with Crippen molar-refractivity contribution in [2.45, 2.75) is 11.4 Å². The molecule has 0 bridgehead atoms. The monoisotopic (exact) mass is 314 g/mol. The molecule has 2 heterocycles. The van der Waals surface area contributed by atoms with Crippen LogP contribution in [-0.4, -0.2) is 23.0 Å². The molecule has 0 saturated carbocycles. The molecule has 1 aromatic carbocycles. The number of imidazole rings is 1. The van der Waals surface area contributed by atoms with E-state index in [0.717, 1.165) is 11.3 Å². The van der Waals surface area contributed by atoms with Gasteiger partial charge in [-0.15, -0.1) is 0 Å². The molecule has 0 radical (unpaired) electrons. The van der Waals surface area contributed by atoms with Crippen molar-refractivity contribution >= 4 is 10.0 Å². The fraction of sp³-hybridized carbons (Fsp3) is 0.0667. The Morgan fingerprint density at radius 2 is 2.00 bits per heavy atom. The van der Waals surface area contributed by atoms with Gasteiger partial charge in [0.15, 0.2) is 0 Å². The number of sulfonamides is 1. The molecule has 6 nitrogen and oxygen atoms in total. The molecule has 0 spiro atoms. The molecule has 0 aliphatic heterocycles. The Morgan fingerprint density at radius 1 is 1.09 bits per heavy atom. The maximum absolute atomic E-state index is 12.2. The molecule has 0 amide bonds. The minimum absolute atomic E-state index is 0.153. The number of pyridine rings is 1. The summed E-state index contributed by atoms with van der Waals surface area (Å²) in [6.07, 6.45) is 8.08. The Morgan fingerprint density at radius 3 is 2.73 bits per heavy atom. The zero-order chi connectivity index (χ0) is 15.4. The van der Waals surface area contributed by atoms with Gasteiger partial charge in [0.2, 0.25) is 10.0 Å². The van der Waals surface area contributed by atoms with E-state index in [4.69, 9.17) is 0 Å².